The molecule has 1 atom stereocenters. The molecule has 0 radical (unpaired) electrons. The molecule has 14 heavy (non-hydrogen) atoms. The first-order valence-electron chi connectivity index (χ1n) is 4.70. The van der Waals surface area contributed by atoms with Gasteiger partial charge in [-0.15, -0.1) is 0 Å². The summed E-state index contributed by atoms with van der Waals surface area (Å²) in [4.78, 5) is 0. The normalized spacial score (nSPS) is 19.9. The van der Waals surface area contributed by atoms with Crippen molar-refractivity contribution in [2.24, 2.45) is 5.73 Å². The Morgan fingerprint density at radius 3 is 3.00 bits per heavy atom. The number of aryl methyl sites for hydroxylation is 1. The highest BCUT2D eigenvalue weighted by molar-refractivity contribution is 14.1. The van der Waals surface area contributed by atoms with Gasteiger partial charge in [-0.2, -0.15) is 5.26 Å². The molecule has 0 fully saturated rings. The maximum absolute atomic E-state index is 8.90. The number of fused-ring (bicyclic) bond motifs is 1. The third-order valence-corrected chi connectivity index (χ3v) is 3.60. The Balaban J connectivity index is 2.55. The fourth-order valence-corrected chi connectivity index (χ4v) is 2.56. The van der Waals surface area contributed by atoms with Gasteiger partial charge in [0.05, 0.1) is 5.56 Å². The zero-order valence-corrected chi connectivity index (χ0v) is 9.91. The summed E-state index contributed by atoms with van der Waals surface area (Å²) < 4.78 is 1.02. The highest BCUT2D eigenvalue weighted by Crippen LogP contribution is 2.30. The zero-order chi connectivity index (χ0) is 10.1. The first-order chi connectivity index (χ1) is 6.72. The first kappa shape index (κ1) is 9.94. The lowest BCUT2D eigenvalue weighted by Gasteiger charge is -2.22. The van der Waals surface area contributed by atoms with Crippen LogP contribution in [0.25, 0.3) is 0 Å². The van der Waals surface area contributed by atoms with Crippen LogP contribution in [-0.2, 0) is 6.42 Å². The maximum Gasteiger partial charge on any atom is 0.100 e. The molecular formula is C11H11IN2. The van der Waals surface area contributed by atoms with E-state index >= 15 is 0 Å². The van der Waals surface area contributed by atoms with E-state index in [1.807, 2.05) is 6.07 Å². The highest BCUT2D eigenvalue weighted by Gasteiger charge is 2.18. The number of halogens is 1. The molecule has 2 rings (SSSR count). The molecule has 72 valence electrons. The van der Waals surface area contributed by atoms with Crippen molar-refractivity contribution in [1.82, 2.24) is 0 Å². The van der Waals surface area contributed by atoms with Gasteiger partial charge in [0.25, 0.3) is 0 Å². The van der Waals surface area contributed by atoms with E-state index in [9.17, 15) is 0 Å². The molecule has 0 spiro atoms. The van der Waals surface area contributed by atoms with Gasteiger partial charge in [-0.25, -0.2) is 0 Å². The van der Waals surface area contributed by atoms with Gasteiger partial charge in [-0.3, -0.25) is 0 Å². The van der Waals surface area contributed by atoms with Crippen LogP contribution in [0.5, 0.6) is 0 Å². The summed E-state index contributed by atoms with van der Waals surface area (Å²) in [6.45, 7) is 0. The van der Waals surface area contributed by atoms with Gasteiger partial charge >= 0.3 is 0 Å². The molecule has 2 nitrogen and oxygen atoms in total. The average molecular weight is 298 g/mol. The van der Waals surface area contributed by atoms with Crippen molar-refractivity contribution in [3.8, 4) is 6.07 Å². The molecule has 0 aliphatic heterocycles. The van der Waals surface area contributed by atoms with E-state index in [0.717, 1.165) is 28.4 Å². The lowest BCUT2D eigenvalue weighted by molar-refractivity contribution is 0.570. The third kappa shape index (κ3) is 1.64. The quantitative estimate of drug-likeness (QED) is 0.748. The largest absolute Gasteiger partial charge is 0.324 e. The Morgan fingerprint density at radius 1 is 1.50 bits per heavy atom. The summed E-state index contributed by atoms with van der Waals surface area (Å²) in [7, 11) is 0. The minimum absolute atomic E-state index is 0.167. The average Bonchev–Trinajstić information content (AvgIpc) is 2.19. The Hall–Kier alpha value is -0.600. The van der Waals surface area contributed by atoms with Crippen molar-refractivity contribution in [2.75, 3.05) is 0 Å². The van der Waals surface area contributed by atoms with Crippen molar-refractivity contribution in [3.05, 3.63) is 32.4 Å². The van der Waals surface area contributed by atoms with Gasteiger partial charge in [0.15, 0.2) is 0 Å². The SMILES string of the molecule is N#Cc1cc2c(cc1I)[C@@H](N)CCC2. The first-order valence-corrected chi connectivity index (χ1v) is 5.78. The molecular weight excluding hydrogens is 287 g/mol. The van der Waals surface area contributed by atoms with Crippen LogP contribution in [0.15, 0.2) is 12.1 Å². The molecule has 1 aliphatic rings. The smallest absolute Gasteiger partial charge is 0.100 e. The Morgan fingerprint density at radius 2 is 2.29 bits per heavy atom. The molecule has 1 aromatic carbocycles. The molecule has 0 bridgehead atoms. The standard InChI is InChI=1S/C11H11IN2/c12-10-5-9-7(4-8(10)6-13)2-1-3-11(9)14/h4-5,11H,1-3,14H2/t11-/m0/s1. The predicted molar refractivity (Wildman–Crippen MR) is 63.7 cm³/mol. The second kappa shape index (κ2) is 3.87. The van der Waals surface area contributed by atoms with E-state index in [4.69, 9.17) is 11.0 Å². The number of hydrogen-bond acceptors (Lipinski definition) is 2. The van der Waals surface area contributed by atoms with Gasteiger partial charge in [0.1, 0.15) is 6.07 Å². The Bertz CT molecular complexity index is 406. The monoisotopic (exact) mass is 298 g/mol. The molecule has 3 heteroatoms. The van der Waals surface area contributed by atoms with Crippen LogP contribution in [0.3, 0.4) is 0 Å². The van der Waals surface area contributed by atoms with E-state index in [1.165, 1.54) is 11.1 Å². The zero-order valence-electron chi connectivity index (χ0n) is 7.76. The number of nitrogens with zero attached hydrogens (tertiary/aromatic N) is 1. The summed E-state index contributed by atoms with van der Waals surface area (Å²) in [6, 6.07) is 6.44. The Kier molecular flexibility index (Phi) is 2.75. The second-order valence-corrected chi connectivity index (χ2v) is 4.80. The molecule has 0 aromatic heterocycles. The predicted octanol–water partition coefficient (Wildman–Crippen LogP) is 2.50. The number of benzene rings is 1. The second-order valence-electron chi connectivity index (χ2n) is 3.64. The molecule has 0 saturated carbocycles. The van der Waals surface area contributed by atoms with E-state index in [0.29, 0.717) is 0 Å². The lowest BCUT2D eigenvalue weighted by atomic mass is 9.87. The Labute approximate surface area is 97.2 Å². The summed E-state index contributed by atoms with van der Waals surface area (Å²) >= 11 is 2.20. The molecule has 1 aliphatic carbocycles. The number of nitrogens with two attached hydrogens (primary N) is 1. The maximum atomic E-state index is 8.90. The molecule has 2 N–H and O–H groups in total. The van der Waals surface area contributed by atoms with Crippen molar-refractivity contribution in [2.45, 2.75) is 25.3 Å². The van der Waals surface area contributed by atoms with Crippen LogP contribution in [0.2, 0.25) is 0 Å². The molecule has 0 amide bonds. The highest BCUT2D eigenvalue weighted by atomic mass is 127. The number of hydrogen-bond donors (Lipinski definition) is 1. The summed E-state index contributed by atoms with van der Waals surface area (Å²) in [5.74, 6) is 0. The molecule has 1 aromatic rings. The van der Waals surface area contributed by atoms with E-state index in [1.54, 1.807) is 0 Å². The van der Waals surface area contributed by atoms with Crippen LogP contribution < -0.4 is 5.73 Å². The van der Waals surface area contributed by atoms with Crippen molar-refractivity contribution in [3.63, 3.8) is 0 Å². The van der Waals surface area contributed by atoms with Gasteiger partial charge < -0.3 is 5.73 Å². The molecule has 0 unspecified atom stereocenters. The third-order valence-electron chi connectivity index (χ3n) is 2.71. The fourth-order valence-electron chi connectivity index (χ4n) is 1.95. The van der Waals surface area contributed by atoms with Crippen LogP contribution in [0.4, 0.5) is 0 Å². The molecule has 0 heterocycles. The molecule has 0 saturated heterocycles. The van der Waals surface area contributed by atoms with Gasteiger partial charge in [0.2, 0.25) is 0 Å². The van der Waals surface area contributed by atoms with Crippen LogP contribution in [0, 0.1) is 14.9 Å². The minimum atomic E-state index is 0.167. The van der Waals surface area contributed by atoms with E-state index < -0.39 is 0 Å². The van der Waals surface area contributed by atoms with Crippen molar-refractivity contribution < 1.29 is 0 Å². The van der Waals surface area contributed by atoms with Gasteiger partial charge in [0, 0.05) is 9.61 Å². The van der Waals surface area contributed by atoms with Gasteiger partial charge in [-0.1, -0.05) is 0 Å². The van der Waals surface area contributed by atoms with Gasteiger partial charge in [-0.05, 0) is 65.1 Å². The summed E-state index contributed by atoms with van der Waals surface area (Å²) in [5.41, 5.74) is 9.30. The van der Waals surface area contributed by atoms with E-state index in [2.05, 4.69) is 34.7 Å². The summed E-state index contributed by atoms with van der Waals surface area (Å²) in [5, 5.41) is 8.90. The summed E-state index contributed by atoms with van der Waals surface area (Å²) in [6.07, 6.45) is 3.27. The lowest BCUT2D eigenvalue weighted by Crippen LogP contribution is -2.17. The topological polar surface area (TPSA) is 49.8 Å². The van der Waals surface area contributed by atoms with Crippen LogP contribution >= 0.6 is 22.6 Å². The van der Waals surface area contributed by atoms with Crippen molar-refractivity contribution >= 4 is 22.6 Å². The fraction of sp³-hybridized carbons (Fsp3) is 0.364. The number of rotatable bonds is 0. The number of nitriles is 1. The van der Waals surface area contributed by atoms with E-state index in [-0.39, 0.29) is 6.04 Å². The van der Waals surface area contributed by atoms with Crippen LogP contribution in [-0.4, -0.2) is 0 Å². The van der Waals surface area contributed by atoms with Crippen molar-refractivity contribution in [1.29, 1.82) is 5.26 Å². The van der Waals surface area contributed by atoms with Crippen LogP contribution in [0.1, 0.15) is 35.6 Å². The minimum Gasteiger partial charge on any atom is -0.324 e.